The summed E-state index contributed by atoms with van der Waals surface area (Å²) in [6.07, 6.45) is 0.601. The number of nitrogens with zero attached hydrogens (tertiary/aromatic N) is 3. The number of halogens is 2. The second-order valence-corrected chi connectivity index (χ2v) is 5.38. The van der Waals surface area contributed by atoms with Crippen LogP contribution in [0.25, 0.3) is 0 Å². The van der Waals surface area contributed by atoms with E-state index in [0.29, 0.717) is 23.0 Å². The molecule has 0 spiro atoms. The van der Waals surface area contributed by atoms with E-state index in [-0.39, 0.29) is 5.82 Å². The van der Waals surface area contributed by atoms with Crippen LogP contribution >= 0.6 is 23.2 Å². The van der Waals surface area contributed by atoms with Gasteiger partial charge >= 0.3 is 5.69 Å². The van der Waals surface area contributed by atoms with Crippen LogP contribution in [0.15, 0.2) is 27.8 Å². The molecule has 0 fully saturated rings. The van der Waals surface area contributed by atoms with Gasteiger partial charge in [-0.15, -0.1) is 5.10 Å². The molecule has 2 rings (SSSR count). The lowest BCUT2D eigenvalue weighted by molar-refractivity contribution is 0.604. The van der Waals surface area contributed by atoms with Crippen molar-refractivity contribution in [2.75, 3.05) is 11.9 Å². The highest BCUT2D eigenvalue weighted by Crippen LogP contribution is 2.21. The molecule has 0 aliphatic rings. The molecule has 8 heteroatoms. The van der Waals surface area contributed by atoms with Gasteiger partial charge in [-0.2, -0.15) is 0 Å². The van der Waals surface area contributed by atoms with E-state index in [1.807, 2.05) is 6.07 Å². The topological polar surface area (TPSA) is 68.9 Å². The van der Waals surface area contributed by atoms with E-state index in [2.05, 4.69) is 10.4 Å². The summed E-state index contributed by atoms with van der Waals surface area (Å²) in [7, 11) is 2.90. The number of aryl methyl sites for hydroxylation is 1. The lowest BCUT2D eigenvalue weighted by atomic mass is 10.1. The molecule has 21 heavy (non-hydrogen) atoms. The Bertz CT molecular complexity index is 783. The Morgan fingerprint density at radius 2 is 1.95 bits per heavy atom. The summed E-state index contributed by atoms with van der Waals surface area (Å²) in [5.41, 5.74) is -0.0122. The van der Waals surface area contributed by atoms with Crippen LogP contribution in [0.1, 0.15) is 5.56 Å². The highest BCUT2D eigenvalue weighted by Gasteiger charge is 2.08. The summed E-state index contributed by atoms with van der Waals surface area (Å²) in [6.45, 7) is 0.460. The SMILES string of the molecule is Cn1nc(NCCc2ccc(Cl)cc2Cl)c(=O)n(C)c1=O. The zero-order valence-electron chi connectivity index (χ0n) is 11.6. The molecule has 0 bridgehead atoms. The highest BCUT2D eigenvalue weighted by atomic mass is 35.5. The largest absolute Gasteiger partial charge is 0.364 e. The molecule has 1 N–H and O–H groups in total. The first kappa shape index (κ1) is 15.6. The van der Waals surface area contributed by atoms with Gasteiger partial charge in [-0.1, -0.05) is 29.3 Å². The van der Waals surface area contributed by atoms with Crippen molar-refractivity contribution in [3.05, 3.63) is 54.6 Å². The maximum absolute atomic E-state index is 11.9. The number of rotatable bonds is 4. The predicted molar refractivity (Wildman–Crippen MR) is 83.4 cm³/mol. The van der Waals surface area contributed by atoms with Crippen LogP contribution in [0, 0.1) is 0 Å². The van der Waals surface area contributed by atoms with Crippen molar-refractivity contribution >= 4 is 29.0 Å². The summed E-state index contributed by atoms with van der Waals surface area (Å²) in [5, 5.41) is 7.97. The third-order valence-electron chi connectivity index (χ3n) is 3.02. The van der Waals surface area contributed by atoms with Gasteiger partial charge in [-0.25, -0.2) is 9.48 Å². The van der Waals surface area contributed by atoms with Crippen molar-refractivity contribution in [3.8, 4) is 0 Å². The molecule has 0 atom stereocenters. The van der Waals surface area contributed by atoms with Crippen LogP contribution in [0.5, 0.6) is 0 Å². The molecule has 112 valence electrons. The second kappa shape index (κ2) is 6.32. The van der Waals surface area contributed by atoms with Crippen molar-refractivity contribution in [1.82, 2.24) is 14.3 Å². The van der Waals surface area contributed by atoms with Gasteiger partial charge in [0.15, 0.2) is 0 Å². The average molecular weight is 329 g/mol. The lowest BCUT2D eigenvalue weighted by Crippen LogP contribution is -2.40. The summed E-state index contributed by atoms with van der Waals surface area (Å²) in [5.74, 6) is 0.129. The molecule has 0 saturated carbocycles. The minimum Gasteiger partial charge on any atom is -0.364 e. The summed E-state index contributed by atoms with van der Waals surface area (Å²) in [4.78, 5) is 23.4. The van der Waals surface area contributed by atoms with Crippen molar-refractivity contribution < 1.29 is 0 Å². The Balaban J connectivity index is 2.11. The smallest absolute Gasteiger partial charge is 0.346 e. The zero-order chi connectivity index (χ0) is 15.6. The van der Waals surface area contributed by atoms with Crippen molar-refractivity contribution in [1.29, 1.82) is 0 Å². The molecule has 1 heterocycles. The summed E-state index contributed by atoms with van der Waals surface area (Å²) >= 11 is 11.9. The van der Waals surface area contributed by atoms with Crippen molar-refractivity contribution in [2.45, 2.75) is 6.42 Å². The number of benzene rings is 1. The number of hydrogen-bond acceptors (Lipinski definition) is 4. The van der Waals surface area contributed by atoms with Crippen LogP contribution in [-0.2, 0) is 20.5 Å². The van der Waals surface area contributed by atoms with Crippen LogP contribution in [-0.4, -0.2) is 20.9 Å². The van der Waals surface area contributed by atoms with Crippen LogP contribution in [0.2, 0.25) is 10.0 Å². The van der Waals surface area contributed by atoms with Gasteiger partial charge in [-0.3, -0.25) is 9.36 Å². The third kappa shape index (κ3) is 3.46. The maximum atomic E-state index is 11.9. The first-order chi connectivity index (χ1) is 9.90. The van der Waals surface area contributed by atoms with Gasteiger partial charge in [0.05, 0.1) is 0 Å². The number of aromatic nitrogens is 3. The minimum atomic E-state index is -0.466. The quantitative estimate of drug-likeness (QED) is 0.922. The first-order valence-electron chi connectivity index (χ1n) is 6.22. The lowest BCUT2D eigenvalue weighted by Gasteiger charge is -2.09. The van der Waals surface area contributed by atoms with Crippen LogP contribution in [0.3, 0.4) is 0 Å². The zero-order valence-corrected chi connectivity index (χ0v) is 13.1. The van der Waals surface area contributed by atoms with Crippen molar-refractivity contribution in [2.24, 2.45) is 14.1 Å². The molecule has 0 amide bonds. The Hall–Kier alpha value is -1.79. The second-order valence-electron chi connectivity index (χ2n) is 4.53. The molecule has 0 radical (unpaired) electrons. The molecule has 0 aliphatic carbocycles. The Labute approximate surface area is 130 Å². The van der Waals surface area contributed by atoms with E-state index >= 15 is 0 Å². The van der Waals surface area contributed by atoms with E-state index in [0.717, 1.165) is 14.8 Å². The van der Waals surface area contributed by atoms with Gasteiger partial charge in [0.1, 0.15) is 0 Å². The average Bonchev–Trinajstić information content (AvgIpc) is 2.44. The van der Waals surface area contributed by atoms with E-state index in [9.17, 15) is 9.59 Å². The fourth-order valence-corrected chi connectivity index (χ4v) is 2.35. The number of anilines is 1. The Morgan fingerprint density at radius 1 is 1.24 bits per heavy atom. The fraction of sp³-hybridized carbons (Fsp3) is 0.308. The standard InChI is InChI=1S/C13H14Cl2N4O2/c1-18-12(20)11(17-19(2)13(18)21)16-6-5-8-3-4-9(14)7-10(8)15/h3-4,7H,5-6H2,1-2H3,(H,16,17). The Morgan fingerprint density at radius 3 is 2.62 bits per heavy atom. The first-order valence-corrected chi connectivity index (χ1v) is 6.98. The van der Waals surface area contributed by atoms with Gasteiger partial charge in [-0.05, 0) is 24.1 Å². The normalized spacial score (nSPS) is 10.7. The molecule has 1 aromatic carbocycles. The highest BCUT2D eigenvalue weighted by molar-refractivity contribution is 6.35. The van der Waals surface area contributed by atoms with Crippen LogP contribution in [0.4, 0.5) is 5.82 Å². The monoisotopic (exact) mass is 328 g/mol. The fourth-order valence-electron chi connectivity index (χ4n) is 1.85. The summed E-state index contributed by atoms with van der Waals surface area (Å²) < 4.78 is 2.11. The maximum Gasteiger partial charge on any atom is 0.346 e. The van der Waals surface area contributed by atoms with Gasteiger partial charge in [0.2, 0.25) is 5.82 Å². The molecular formula is C13H14Cl2N4O2. The molecule has 0 aliphatic heterocycles. The molecule has 0 unspecified atom stereocenters. The minimum absolute atomic E-state index is 0.129. The third-order valence-corrected chi connectivity index (χ3v) is 3.61. The Kier molecular flexibility index (Phi) is 4.69. The van der Waals surface area contributed by atoms with Gasteiger partial charge in [0, 0.05) is 30.7 Å². The number of nitrogens with one attached hydrogen (secondary N) is 1. The molecule has 2 aromatic rings. The van der Waals surface area contributed by atoms with E-state index in [1.165, 1.54) is 14.1 Å². The predicted octanol–water partition coefficient (Wildman–Crippen LogP) is 1.44. The van der Waals surface area contributed by atoms with E-state index in [4.69, 9.17) is 23.2 Å². The molecule has 1 aromatic heterocycles. The molecule has 0 saturated heterocycles. The van der Waals surface area contributed by atoms with Gasteiger partial charge < -0.3 is 5.32 Å². The van der Waals surface area contributed by atoms with Crippen molar-refractivity contribution in [3.63, 3.8) is 0 Å². The van der Waals surface area contributed by atoms with Crippen LogP contribution < -0.4 is 16.6 Å². The van der Waals surface area contributed by atoms with E-state index < -0.39 is 11.2 Å². The van der Waals surface area contributed by atoms with Gasteiger partial charge in [0.25, 0.3) is 5.56 Å². The number of hydrogen-bond donors (Lipinski definition) is 1. The molecule has 6 nitrogen and oxygen atoms in total. The van der Waals surface area contributed by atoms with E-state index in [1.54, 1.807) is 12.1 Å². The summed E-state index contributed by atoms with van der Waals surface area (Å²) in [6, 6.07) is 5.26. The molecular weight excluding hydrogens is 315 g/mol.